The van der Waals surface area contributed by atoms with Crippen LogP contribution >= 0.6 is 0 Å². The number of hydrogen-bond acceptors (Lipinski definition) is 2. The van der Waals surface area contributed by atoms with Crippen molar-refractivity contribution >= 4 is 5.78 Å². The topological polar surface area (TPSA) is 26.3 Å². The molecule has 0 unspecified atom stereocenters. The van der Waals surface area contributed by atoms with E-state index in [4.69, 9.17) is 4.74 Å². The molecule has 2 rings (SSSR count). The van der Waals surface area contributed by atoms with E-state index in [-0.39, 0.29) is 11.4 Å². The zero-order valence-corrected chi connectivity index (χ0v) is 10.2. The Kier molecular flexibility index (Phi) is 2.75. The van der Waals surface area contributed by atoms with Gasteiger partial charge < -0.3 is 4.74 Å². The van der Waals surface area contributed by atoms with Crippen LogP contribution in [0.25, 0.3) is 0 Å². The monoisotopic (exact) mass is 218 g/mol. The number of fused-ring (bicyclic) bond motifs is 1. The van der Waals surface area contributed by atoms with Crippen LogP contribution in [-0.4, -0.2) is 11.4 Å². The van der Waals surface area contributed by atoms with E-state index in [2.05, 4.69) is 19.9 Å². The smallest absolute Gasteiger partial charge is 0.134 e. The fourth-order valence-electron chi connectivity index (χ4n) is 2.11. The fraction of sp³-hybridized carbons (Fsp3) is 0.500. The van der Waals surface area contributed by atoms with Crippen LogP contribution in [0.1, 0.15) is 38.3 Å². The van der Waals surface area contributed by atoms with Gasteiger partial charge in [0.1, 0.15) is 17.1 Å². The molecular weight excluding hydrogens is 200 g/mol. The van der Waals surface area contributed by atoms with E-state index >= 15 is 0 Å². The summed E-state index contributed by atoms with van der Waals surface area (Å²) in [5.41, 5.74) is 2.27. The third kappa shape index (κ3) is 2.43. The molecule has 0 amide bonds. The first-order valence-electron chi connectivity index (χ1n) is 5.76. The minimum atomic E-state index is -0.0604. The number of ketones is 1. The van der Waals surface area contributed by atoms with Crippen LogP contribution in [-0.2, 0) is 17.6 Å². The van der Waals surface area contributed by atoms with E-state index in [0.29, 0.717) is 6.42 Å². The lowest BCUT2D eigenvalue weighted by molar-refractivity contribution is -0.116. The standard InChI is InChI=1S/C14H18O2/c1-10(15)8-11-4-5-13-12(9-11)6-7-14(2,3)16-13/h4-5,9H,6-8H2,1-3H3. The van der Waals surface area contributed by atoms with Crippen molar-refractivity contribution in [3.8, 4) is 5.75 Å². The van der Waals surface area contributed by atoms with Gasteiger partial charge in [-0.05, 0) is 50.8 Å². The Morgan fingerprint density at radius 3 is 2.88 bits per heavy atom. The van der Waals surface area contributed by atoms with Crippen molar-refractivity contribution in [1.82, 2.24) is 0 Å². The quantitative estimate of drug-likeness (QED) is 0.763. The molecule has 0 aromatic heterocycles. The molecule has 0 bridgehead atoms. The Bertz CT molecular complexity index is 419. The molecule has 2 heteroatoms. The van der Waals surface area contributed by atoms with Crippen molar-refractivity contribution < 1.29 is 9.53 Å². The number of aryl methyl sites for hydroxylation is 1. The highest BCUT2D eigenvalue weighted by Crippen LogP contribution is 2.33. The Morgan fingerprint density at radius 1 is 1.44 bits per heavy atom. The Labute approximate surface area is 96.6 Å². The third-order valence-corrected chi connectivity index (χ3v) is 2.96. The van der Waals surface area contributed by atoms with E-state index in [1.165, 1.54) is 5.56 Å². The predicted molar refractivity (Wildman–Crippen MR) is 63.9 cm³/mol. The molecule has 0 spiro atoms. The second-order valence-corrected chi connectivity index (χ2v) is 5.18. The number of Topliss-reactive ketones (excluding diaryl/α,β-unsaturated/α-hetero) is 1. The summed E-state index contributed by atoms with van der Waals surface area (Å²) >= 11 is 0. The normalized spacial score (nSPS) is 17.4. The van der Waals surface area contributed by atoms with Crippen LogP contribution < -0.4 is 4.74 Å². The molecule has 0 fully saturated rings. The van der Waals surface area contributed by atoms with Crippen molar-refractivity contribution in [2.45, 2.75) is 45.6 Å². The maximum Gasteiger partial charge on any atom is 0.134 e. The Hall–Kier alpha value is -1.31. The van der Waals surface area contributed by atoms with Crippen molar-refractivity contribution in [1.29, 1.82) is 0 Å². The molecule has 0 radical (unpaired) electrons. The molecule has 16 heavy (non-hydrogen) atoms. The SMILES string of the molecule is CC(=O)Cc1ccc2c(c1)CCC(C)(C)O2. The lowest BCUT2D eigenvalue weighted by atomic mass is 9.93. The second kappa shape index (κ2) is 3.93. The summed E-state index contributed by atoms with van der Waals surface area (Å²) in [4.78, 5) is 11.1. The van der Waals surface area contributed by atoms with Crippen LogP contribution in [0.4, 0.5) is 0 Å². The lowest BCUT2D eigenvalue weighted by Crippen LogP contribution is -2.32. The Balaban J connectivity index is 2.24. The molecule has 0 atom stereocenters. The van der Waals surface area contributed by atoms with Crippen LogP contribution in [0.15, 0.2) is 18.2 Å². The molecule has 0 saturated heterocycles. The molecule has 86 valence electrons. The van der Waals surface area contributed by atoms with Gasteiger partial charge in [-0.1, -0.05) is 12.1 Å². The lowest BCUT2D eigenvalue weighted by Gasteiger charge is -2.32. The number of benzene rings is 1. The number of hydrogen-bond donors (Lipinski definition) is 0. The highest BCUT2D eigenvalue weighted by molar-refractivity contribution is 5.78. The Morgan fingerprint density at radius 2 is 2.19 bits per heavy atom. The number of rotatable bonds is 2. The molecule has 1 aliphatic heterocycles. The van der Waals surface area contributed by atoms with Gasteiger partial charge in [-0.2, -0.15) is 0 Å². The maximum atomic E-state index is 11.1. The first-order valence-corrected chi connectivity index (χ1v) is 5.76. The van der Waals surface area contributed by atoms with Crippen LogP contribution in [0.2, 0.25) is 0 Å². The summed E-state index contributed by atoms with van der Waals surface area (Å²) < 4.78 is 5.89. The molecule has 1 aromatic rings. The van der Waals surface area contributed by atoms with E-state index in [1.54, 1.807) is 6.92 Å². The zero-order valence-electron chi connectivity index (χ0n) is 10.2. The van der Waals surface area contributed by atoms with Gasteiger partial charge >= 0.3 is 0 Å². The molecule has 1 aromatic carbocycles. The van der Waals surface area contributed by atoms with Gasteiger partial charge in [0.2, 0.25) is 0 Å². The number of carbonyl (C=O) groups is 1. The maximum absolute atomic E-state index is 11.1. The van der Waals surface area contributed by atoms with E-state index in [1.807, 2.05) is 12.1 Å². The second-order valence-electron chi connectivity index (χ2n) is 5.18. The van der Waals surface area contributed by atoms with Crippen LogP contribution in [0.3, 0.4) is 0 Å². The molecule has 2 nitrogen and oxygen atoms in total. The summed E-state index contributed by atoms with van der Waals surface area (Å²) in [6, 6.07) is 6.09. The summed E-state index contributed by atoms with van der Waals surface area (Å²) in [7, 11) is 0. The van der Waals surface area contributed by atoms with Gasteiger partial charge in [-0.25, -0.2) is 0 Å². The van der Waals surface area contributed by atoms with Crippen molar-refractivity contribution in [3.05, 3.63) is 29.3 Å². The molecular formula is C14H18O2. The fourth-order valence-corrected chi connectivity index (χ4v) is 2.11. The summed E-state index contributed by atoms with van der Waals surface area (Å²) in [5, 5.41) is 0. The molecule has 1 aliphatic rings. The van der Waals surface area contributed by atoms with Gasteiger partial charge in [0.05, 0.1) is 0 Å². The zero-order chi connectivity index (χ0) is 11.8. The first kappa shape index (κ1) is 11.2. The molecule has 0 N–H and O–H groups in total. The summed E-state index contributed by atoms with van der Waals surface area (Å²) in [6.07, 6.45) is 2.59. The highest BCUT2D eigenvalue weighted by Gasteiger charge is 2.26. The summed E-state index contributed by atoms with van der Waals surface area (Å²) in [6.45, 7) is 5.85. The predicted octanol–water partition coefficient (Wildman–Crippen LogP) is 2.92. The van der Waals surface area contributed by atoms with Crippen molar-refractivity contribution in [3.63, 3.8) is 0 Å². The molecule has 1 heterocycles. The van der Waals surface area contributed by atoms with Crippen molar-refractivity contribution in [2.24, 2.45) is 0 Å². The van der Waals surface area contributed by atoms with E-state index in [9.17, 15) is 4.79 Å². The van der Waals surface area contributed by atoms with Crippen LogP contribution in [0, 0.1) is 0 Å². The van der Waals surface area contributed by atoms with Gasteiger partial charge in [0, 0.05) is 6.42 Å². The van der Waals surface area contributed by atoms with Gasteiger partial charge in [0.15, 0.2) is 0 Å². The van der Waals surface area contributed by atoms with Gasteiger partial charge in [0.25, 0.3) is 0 Å². The average molecular weight is 218 g/mol. The summed E-state index contributed by atoms with van der Waals surface area (Å²) in [5.74, 6) is 1.18. The first-order chi connectivity index (χ1) is 7.46. The van der Waals surface area contributed by atoms with Crippen LogP contribution in [0.5, 0.6) is 5.75 Å². The minimum Gasteiger partial charge on any atom is -0.488 e. The van der Waals surface area contributed by atoms with E-state index in [0.717, 1.165) is 24.2 Å². The minimum absolute atomic E-state index is 0.0604. The molecule has 0 aliphatic carbocycles. The van der Waals surface area contributed by atoms with Gasteiger partial charge in [-0.3, -0.25) is 4.79 Å². The third-order valence-electron chi connectivity index (χ3n) is 2.96. The number of ether oxygens (including phenoxy) is 1. The number of carbonyl (C=O) groups excluding carboxylic acids is 1. The van der Waals surface area contributed by atoms with Gasteiger partial charge in [-0.15, -0.1) is 0 Å². The largest absolute Gasteiger partial charge is 0.488 e. The highest BCUT2D eigenvalue weighted by atomic mass is 16.5. The molecule has 0 saturated carbocycles. The average Bonchev–Trinajstić information content (AvgIpc) is 2.16. The van der Waals surface area contributed by atoms with E-state index < -0.39 is 0 Å². The van der Waals surface area contributed by atoms with Crippen molar-refractivity contribution in [2.75, 3.05) is 0 Å².